The van der Waals surface area contributed by atoms with Gasteiger partial charge in [0.1, 0.15) is 6.61 Å². The highest BCUT2D eigenvalue weighted by molar-refractivity contribution is 5.31. The molecule has 0 saturated heterocycles. The van der Waals surface area contributed by atoms with Crippen molar-refractivity contribution in [2.45, 2.75) is 45.8 Å². The molecule has 0 aliphatic carbocycles. The van der Waals surface area contributed by atoms with Crippen LogP contribution in [0.4, 0.5) is 4.39 Å². The van der Waals surface area contributed by atoms with Gasteiger partial charge >= 0.3 is 0 Å². The Balaban J connectivity index is 2.69. The minimum Gasteiger partial charge on any atom is -0.488 e. The molecule has 0 heterocycles. The third-order valence-electron chi connectivity index (χ3n) is 2.74. The standard InChI is InChI=1S/C15H24FNO2/c1-5-8-17-11(2)12-6-7-14(13(16)9-12)19-10-15(3,4)18/h6-7,9,11,17-18H,5,8,10H2,1-4H3. The summed E-state index contributed by atoms with van der Waals surface area (Å²) in [6.07, 6.45) is 1.04. The Morgan fingerprint density at radius 2 is 2.11 bits per heavy atom. The largest absolute Gasteiger partial charge is 0.488 e. The smallest absolute Gasteiger partial charge is 0.165 e. The summed E-state index contributed by atoms with van der Waals surface area (Å²) in [5, 5.41) is 12.9. The van der Waals surface area contributed by atoms with Crippen LogP contribution in [-0.4, -0.2) is 23.9 Å². The number of aliphatic hydroxyl groups is 1. The van der Waals surface area contributed by atoms with Gasteiger partial charge < -0.3 is 15.2 Å². The SMILES string of the molecule is CCCNC(C)c1ccc(OCC(C)(C)O)c(F)c1. The van der Waals surface area contributed by atoms with E-state index in [1.807, 2.05) is 13.0 Å². The van der Waals surface area contributed by atoms with Crippen LogP contribution < -0.4 is 10.1 Å². The van der Waals surface area contributed by atoms with Gasteiger partial charge in [-0.15, -0.1) is 0 Å². The van der Waals surface area contributed by atoms with Gasteiger partial charge in [0.05, 0.1) is 5.60 Å². The Hall–Kier alpha value is -1.13. The molecular formula is C15H24FNO2. The molecule has 2 N–H and O–H groups in total. The number of halogens is 1. The maximum Gasteiger partial charge on any atom is 0.165 e. The molecule has 0 spiro atoms. The molecule has 1 aromatic rings. The Morgan fingerprint density at radius 1 is 1.42 bits per heavy atom. The van der Waals surface area contributed by atoms with Crippen molar-refractivity contribution >= 4 is 0 Å². The maximum atomic E-state index is 13.9. The lowest BCUT2D eigenvalue weighted by Gasteiger charge is -2.19. The quantitative estimate of drug-likeness (QED) is 0.799. The molecule has 0 bridgehead atoms. The van der Waals surface area contributed by atoms with E-state index < -0.39 is 11.4 Å². The lowest BCUT2D eigenvalue weighted by atomic mass is 10.1. The molecule has 108 valence electrons. The van der Waals surface area contributed by atoms with Crippen molar-refractivity contribution in [3.05, 3.63) is 29.6 Å². The van der Waals surface area contributed by atoms with Crippen LogP contribution in [0, 0.1) is 5.82 Å². The van der Waals surface area contributed by atoms with Crippen LogP contribution in [-0.2, 0) is 0 Å². The van der Waals surface area contributed by atoms with E-state index in [0.29, 0.717) is 0 Å². The predicted octanol–water partition coefficient (Wildman–Crippen LogP) is 3.04. The molecule has 0 saturated carbocycles. The first kappa shape index (κ1) is 15.9. The van der Waals surface area contributed by atoms with Gasteiger partial charge in [0.2, 0.25) is 0 Å². The van der Waals surface area contributed by atoms with Crippen molar-refractivity contribution < 1.29 is 14.2 Å². The summed E-state index contributed by atoms with van der Waals surface area (Å²) < 4.78 is 19.1. The Labute approximate surface area is 114 Å². The van der Waals surface area contributed by atoms with Gasteiger partial charge in [0, 0.05) is 6.04 Å². The first-order chi connectivity index (χ1) is 8.83. The number of ether oxygens (including phenoxy) is 1. The lowest BCUT2D eigenvalue weighted by Crippen LogP contribution is -2.28. The van der Waals surface area contributed by atoms with E-state index in [0.717, 1.165) is 18.5 Å². The topological polar surface area (TPSA) is 41.5 Å². The summed E-state index contributed by atoms with van der Waals surface area (Å²) >= 11 is 0. The molecule has 1 atom stereocenters. The van der Waals surface area contributed by atoms with E-state index in [4.69, 9.17) is 4.74 Å². The minimum atomic E-state index is -0.971. The molecule has 0 aliphatic heterocycles. The molecule has 3 nitrogen and oxygen atoms in total. The summed E-state index contributed by atoms with van der Waals surface area (Å²) in [7, 11) is 0. The van der Waals surface area contributed by atoms with E-state index in [-0.39, 0.29) is 18.4 Å². The molecule has 0 aliphatic rings. The van der Waals surface area contributed by atoms with Gasteiger partial charge in [-0.3, -0.25) is 0 Å². The second-order valence-corrected chi connectivity index (χ2v) is 5.47. The zero-order chi connectivity index (χ0) is 14.5. The molecule has 19 heavy (non-hydrogen) atoms. The second kappa shape index (κ2) is 6.87. The van der Waals surface area contributed by atoms with E-state index in [9.17, 15) is 9.50 Å². The highest BCUT2D eigenvalue weighted by atomic mass is 19.1. The normalized spacial score (nSPS) is 13.4. The molecule has 0 fully saturated rings. The summed E-state index contributed by atoms with van der Waals surface area (Å²) in [5.74, 6) is -0.222. The zero-order valence-electron chi connectivity index (χ0n) is 12.2. The lowest BCUT2D eigenvalue weighted by molar-refractivity contribution is 0.0271. The Kier molecular flexibility index (Phi) is 5.76. The van der Waals surface area contributed by atoms with E-state index in [1.165, 1.54) is 6.07 Å². The first-order valence-electron chi connectivity index (χ1n) is 6.71. The zero-order valence-corrected chi connectivity index (χ0v) is 12.2. The van der Waals surface area contributed by atoms with Crippen molar-refractivity contribution in [2.75, 3.05) is 13.2 Å². The molecule has 1 rings (SSSR count). The van der Waals surface area contributed by atoms with Gasteiger partial charge in [0.25, 0.3) is 0 Å². The fraction of sp³-hybridized carbons (Fsp3) is 0.600. The third-order valence-corrected chi connectivity index (χ3v) is 2.74. The number of rotatable bonds is 7. The average molecular weight is 269 g/mol. The van der Waals surface area contributed by atoms with Crippen LogP contribution in [0.25, 0.3) is 0 Å². The second-order valence-electron chi connectivity index (χ2n) is 5.47. The number of hydrogen-bond acceptors (Lipinski definition) is 3. The summed E-state index contributed by atoms with van der Waals surface area (Å²) in [6.45, 7) is 8.30. The van der Waals surface area contributed by atoms with Crippen LogP contribution in [0.1, 0.15) is 45.7 Å². The van der Waals surface area contributed by atoms with Gasteiger partial charge in [-0.05, 0) is 51.4 Å². The van der Waals surface area contributed by atoms with Crippen LogP contribution in [0.2, 0.25) is 0 Å². The summed E-state index contributed by atoms with van der Waals surface area (Å²) in [5.41, 5.74) is -0.0808. The average Bonchev–Trinajstić information content (AvgIpc) is 2.33. The molecule has 1 aromatic carbocycles. The molecular weight excluding hydrogens is 245 g/mol. The molecule has 0 radical (unpaired) electrons. The number of hydrogen-bond donors (Lipinski definition) is 2. The van der Waals surface area contributed by atoms with E-state index >= 15 is 0 Å². The fourth-order valence-electron chi connectivity index (χ4n) is 1.64. The maximum absolute atomic E-state index is 13.9. The van der Waals surface area contributed by atoms with Gasteiger partial charge in [-0.25, -0.2) is 4.39 Å². The van der Waals surface area contributed by atoms with Crippen molar-refractivity contribution in [2.24, 2.45) is 0 Å². The van der Waals surface area contributed by atoms with Crippen LogP contribution in [0.5, 0.6) is 5.75 Å². The first-order valence-corrected chi connectivity index (χ1v) is 6.71. The van der Waals surface area contributed by atoms with Crippen LogP contribution in [0.3, 0.4) is 0 Å². The van der Waals surface area contributed by atoms with E-state index in [2.05, 4.69) is 12.2 Å². The molecule has 4 heteroatoms. The Bertz CT molecular complexity index is 402. The fourth-order valence-corrected chi connectivity index (χ4v) is 1.64. The van der Waals surface area contributed by atoms with Gasteiger partial charge in [-0.2, -0.15) is 0 Å². The van der Waals surface area contributed by atoms with Crippen LogP contribution >= 0.6 is 0 Å². The van der Waals surface area contributed by atoms with Crippen molar-refractivity contribution in [1.29, 1.82) is 0 Å². The highest BCUT2D eigenvalue weighted by Gasteiger charge is 2.15. The number of nitrogens with one attached hydrogen (secondary N) is 1. The molecule has 0 aromatic heterocycles. The van der Waals surface area contributed by atoms with Gasteiger partial charge in [0.15, 0.2) is 11.6 Å². The van der Waals surface area contributed by atoms with Gasteiger partial charge in [-0.1, -0.05) is 13.0 Å². The number of benzene rings is 1. The van der Waals surface area contributed by atoms with Crippen molar-refractivity contribution in [3.8, 4) is 5.75 Å². The third kappa shape index (κ3) is 5.57. The van der Waals surface area contributed by atoms with Crippen molar-refractivity contribution in [1.82, 2.24) is 5.32 Å². The molecule has 1 unspecified atom stereocenters. The van der Waals surface area contributed by atoms with Crippen molar-refractivity contribution in [3.63, 3.8) is 0 Å². The highest BCUT2D eigenvalue weighted by Crippen LogP contribution is 2.23. The van der Waals surface area contributed by atoms with Crippen LogP contribution in [0.15, 0.2) is 18.2 Å². The predicted molar refractivity (Wildman–Crippen MR) is 74.9 cm³/mol. The molecule has 0 amide bonds. The monoisotopic (exact) mass is 269 g/mol. The Morgan fingerprint density at radius 3 is 2.63 bits per heavy atom. The summed E-state index contributed by atoms with van der Waals surface area (Å²) in [4.78, 5) is 0. The minimum absolute atomic E-state index is 0.0624. The van der Waals surface area contributed by atoms with E-state index in [1.54, 1.807) is 19.9 Å². The summed E-state index contributed by atoms with van der Waals surface area (Å²) in [6, 6.07) is 5.04.